The number of carbonyl (C=O) groups is 2. The van der Waals surface area contributed by atoms with Crippen LogP contribution in [0, 0.1) is 12.8 Å². The summed E-state index contributed by atoms with van der Waals surface area (Å²) in [6.45, 7) is 1.85. The van der Waals surface area contributed by atoms with Crippen molar-refractivity contribution in [2.45, 2.75) is 45.1 Å². The molecule has 2 heterocycles. The van der Waals surface area contributed by atoms with Gasteiger partial charge in [0, 0.05) is 29.8 Å². The standard InChI is InChI=1S/C23H26N4O3/c1-15-4-3-5-19(24-15)23(29)25-21-12-17-14-27(26-20(17)13-22(21)30-2)18-8-6-16(7-9-18)10-11-28/h3-5,11-14,16,18H,6-10H2,1-2H3,(H,25,29)/t16-,18-. The van der Waals surface area contributed by atoms with Gasteiger partial charge in [0.25, 0.3) is 5.91 Å². The van der Waals surface area contributed by atoms with Crippen molar-refractivity contribution in [2.24, 2.45) is 5.92 Å². The Kier molecular flexibility index (Phi) is 5.79. The molecular weight excluding hydrogens is 380 g/mol. The van der Waals surface area contributed by atoms with Gasteiger partial charge in [-0.2, -0.15) is 5.10 Å². The van der Waals surface area contributed by atoms with Crippen molar-refractivity contribution < 1.29 is 14.3 Å². The van der Waals surface area contributed by atoms with Crippen molar-refractivity contribution in [3.8, 4) is 5.75 Å². The average molecular weight is 406 g/mol. The summed E-state index contributed by atoms with van der Waals surface area (Å²) in [5, 5.41) is 8.60. The van der Waals surface area contributed by atoms with E-state index in [1.54, 1.807) is 13.2 Å². The molecule has 1 aliphatic rings. The molecule has 2 aromatic heterocycles. The molecule has 7 nitrogen and oxygen atoms in total. The number of nitrogens with one attached hydrogen (secondary N) is 1. The molecule has 3 aromatic rings. The second-order valence-electron chi connectivity index (χ2n) is 7.92. The van der Waals surface area contributed by atoms with E-state index in [2.05, 4.69) is 10.3 Å². The van der Waals surface area contributed by atoms with Crippen LogP contribution in [0.25, 0.3) is 10.9 Å². The molecule has 1 aromatic carbocycles. The van der Waals surface area contributed by atoms with Gasteiger partial charge in [0.1, 0.15) is 17.7 Å². The molecule has 0 aliphatic heterocycles. The molecule has 1 fully saturated rings. The Labute approximate surface area is 175 Å². The molecule has 1 N–H and O–H groups in total. The summed E-state index contributed by atoms with van der Waals surface area (Å²) < 4.78 is 7.51. The second kappa shape index (κ2) is 8.65. The summed E-state index contributed by atoms with van der Waals surface area (Å²) in [4.78, 5) is 27.7. The van der Waals surface area contributed by atoms with E-state index in [0.717, 1.165) is 48.6 Å². The first kappa shape index (κ1) is 20.1. The first-order chi connectivity index (χ1) is 14.6. The van der Waals surface area contributed by atoms with Crippen molar-refractivity contribution in [2.75, 3.05) is 12.4 Å². The fraction of sp³-hybridized carbons (Fsp3) is 0.391. The molecule has 0 spiro atoms. The number of aryl methyl sites for hydroxylation is 1. The quantitative estimate of drug-likeness (QED) is 0.616. The van der Waals surface area contributed by atoms with Crippen LogP contribution in [-0.2, 0) is 4.79 Å². The first-order valence-corrected chi connectivity index (χ1v) is 10.3. The molecule has 1 aliphatic carbocycles. The van der Waals surface area contributed by atoms with Crippen LogP contribution in [0.15, 0.2) is 36.5 Å². The SMILES string of the molecule is COc1cc2nn([C@H]3CC[C@H](CC=O)CC3)cc2cc1NC(=O)c1cccc(C)n1. The molecule has 0 radical (unpaired) electrons. The zero-order chi connectivity index (χ0) is 21.1. The van der Waals surface area contributed by atoms with Crippen LogP contribution in [0.2, 0.25) is 0 Å². The number of ether oxygens (including phenoxy) is 1. The normalized spacial score (nSPS) is 18.9. The monoisotopic (exact) mass is 406 g/mol. The largest absolute Gasteiger partial charge is 0.494 e. The summed E-state index contributed by atoms with van der Waals surface area (Å²) >= 11 is 0. The van der Waals surface area contributed by atoms with Gasteiger partial charge >= 0.3 is 0 Å². The number of fused-ring (bicyclic) bond motifs is 1. The third kappa shape index (κ3) is 4.20. The van der Waals surface area contributed by atoms with Gasteiger partial charge in [-0.05, 0) is 56.7 Å². The lowest BCUT2D eigenvalue weighted by atomic mass is 9.84. The van der Waals surface area contributed by atoms with Gasteiger partial charge in [-0.3, -0.25) is 9.48 Å². The highest BCUT2D eigenvalue weighted by Gasteiger charge is 2.23. The van der Waals surface area contributed by atoms with E-state index in [9.17, 15) is 9.59 Å². The summed E-state index contributed by atoms with van der Waals surface area (Å²) in [5.74, 6) is 0.779. The number of nitrogens with zero attached hydrogens (tertiary/aromatic N) is 3. The molecule has 0 unspecified atom stereocenters. The Bertz CT molecular complexity index is 1070. The minimum absolute atomic E-state index is 0.280. The lowest BCUT2D eigenvalue weighted by Crippen LogP contribution is -2.18. The number of hydrogen-bond donors (Lipinski definition) is 1. The summed E-state index contributed by atoms with van der Waals surface area (Å²) in [6, 6.07) is 9.43. The van der Waals surface area contributed by atoms with E-state index in [0.29, 0.717) is 35.5 Å². The predicted octanol–water partition coefficient (Wildman–Crippen LogP) is 4.32. The lowest BCUT2D eigenvalue weighted by molar-refractivity contribution is -0.108. The minimum Gasteiger partial charge on any atom is -0.494 e. The van der Waals surface area contributed by atoms with Gasteiger partial charge in [-0.25, -0.2) is 4.98 Å². The van der Waals surface area contributed by atoms with Crippen molar-refractivity contribution in [3.05, 3.63) is 47.9 Å². The van der Waals surface area contributed by atoms with Gasteiger partial charge in [0.15, 0.2) is 0 Å². The van der Waals surface area contributed by atoms with Crippen LogP contribution >= 0.6 is 0 Å². The summed E-state index contributed by atoms with van der Waals surface area (Å²) in [7, 11) is 1.58. The van der Waals surface area contributed by atoms with Crippen molar-refractivity contribution >= 4 is 28.8 Å². The maximum Gasteiger partial charge on any atom is 0.274 e. The number of amides is 1. The third-order valence-electron chi connectivity index (χ3n) is 5.83. The Morgan fingerprint density at radius 1 is 1.27 bits per heavy atom. The third-order valence-corrected chi connectivity index (χ3v) is 5.83. The molecule has 0 saturated heterocycles. The number of methoxy groups -OCH3 is 1. The van der Waals surface area contributed by atoms with Crippen LogP contribution in [0.1, 0.15) is 54.3 Å². The molecule has 7 heteroatoms. The van der Waals surface area contributed by atoms with E-state index < -0.39 is 0 Å². The number of hydrogen-bond acceptors (Lipinski definition) is 5. The highest BCUT2D eigenvalue weighted by molar-refractivity contribution is 6.05. The molecule has 156 valence electrons. The van der Waals surface area contributed by atoms with E-state index in [1.807, 2.05) is 42.1 Å². The number of carbonyl (C=O) groups excluding carboxylic acids is 2. The average Bonchev–Trinajstić information content (AvgIpc) is 3.16. The molecule has 1 saturated carbocycles. The van der Waals surface area contributed by atoms with E-state index in [1.165, 1.54) is 0 Å². The van der Waals surface area contributed by atoms with Crippen molar-refractivity contribution in [1.29, 1.82) is 0 Å². The zero-order valence-electron chi connectivity index (χ0n) is 17.3. The predicted molar refractivity (Wildman–Crippen MR) is 115 cm³/mol. The second-order valence-corrected chi connectivity index (χ2v) is 7.92. The van der Waals surface area contributed by atoms with Crippen LogP contribution in [0.3, 0.4) is 0 Å². The van der Waals surface area contributed by atoms with Gasteiger partial charge in [0.2, 0.25) is 0 Å². The minimum atomic E-state index is -0.280. The van der Waals surface area contributed by atoms with E-state index >= 15 is 0 Å². The summed E-state index contributed by atoms with van der Waals surface area (Å²) in [6.07, 6.45) is 7.85. The van der Waals surface area contributed by atoms with Gasteiger partial charge in [-0.15, -0.1) is 0 Å². The molecule has 30 heavy (non-hydrogen) atoms. The van der Waals surface area contributed by atoms with Crippen molar-refractivity contribution in [1.82, 2.24) is 14.8 Å². The lowest BCUT2D eigenvalue weighted by Gasteiger charge is -2.27. The smallest absolute Gasteiger partial charge is 0.274 e. The molecule has 0 atom stereocenters. The highest BCUT2D eigenvalue weighted by Crippen LogP contribution is 2.35. The number of benzene rings is 1. The fourth-order valence-electron chi connectivity index (χ4n) is 4.16. The molecule has 1 amide bonds. The van der Waals surface area contributed by atoms with Gasteiger partial charge in [0.05, 0.1) is 24.4 Å². The molecule has 4 rings (SSSR count). The summed E-state index contributed by atoms with van der Waals surface area (Å²) in [5.41, 5.74) is 2.57. The first-order valence-electron chi connectivity index (χ1n) is 10.3. The van der Waals surface area contributed by atoms with Gasteiger partial charge in [-0.1, -0.05) is 6.07 Å². The van der Waals surface area contributed by atoms with E-state index in [4.69, 9.17) is 9.84 Å². The van der Waals surface area contributed by atoms with Gasteiger partial charge < -0.3 is 14.8 Å². The Morgan fingerprint density at radius 3 is 2.77 bits per heavy atom. The van der Waals surface area contributed by atoms with Crippen LogP contribution < -0.4 is 10.1 Å². The number of aromatic nitrogens is 3. The fourth-order valence-corrected chi connectivity index (χ4v) is 4.16. The topological polar surface area (TPSA) is 86.1 Å². The van der Waals surface area contributed by atoms with Crippen LogP contribution in [0.5, 0.6) is 5.75 Å². The molecule has 0 bridgehead atoms. The number of rotatable bonds is 6. The number of pyridine rings is 1. The van der Waals surface area contributed by atoms with Crippen LogP contribution in [0.4, 0.5) is 5.69 Å². The Hall–Kier alpha value is -3.22. The number of anilines is 1. The molecular formula is C23H26N4O3. The van der Waals surface area contributed by atoms with Crippen LogP contribution in [-0.4, -0.2) is 34.1 Å². The number of aldehydes is 1. The van der Waals surface area contributed by atoms with Crippen molar-refractivity contribution in [3.63, 3.8) is 0 Å². The Morgan fingerprint density at radius 2 is 2.07 bits per heavy atom. The maximum atomic E-state index is 12.6. The maximum absolute atomic E-state index is 12.6. The highest BCUT2D eigenvalue weighted by atomic mass is 16.5. The van der Waals surface area contributed by atoms with E-state index in [-0.39, 0.29) is 5.91 Å². The zero-order valence-corrected chi connectivity index (χ0v) is 17.3. The Balaban J connectivity index is 1.56.